The molecule has 0 spiro atoms. The van der Waals surface area contributed by atoms with E-state index in [1.165, 1.54) is 76.9 Å². The first-order valence-electron chi connectivity index (χ1n) is 17.4. The molecule has 15 heteroatoms. The van der Waals surface area contributed by atoms with Crippen LogP contribution in [0.15, 0.2) is 70.5 Å². The fourth-order valence-electron chi connectivity index (χ4n) is 5.68. The van der Waals surface area contributed by atoms with Crippen LogP contribution in [0.3, 0.4) is 0 Å². The fraction of sp³-hybridized carbons (Fsp3) is 0.474. The summed E-state index contributed by atoms with van der Waals surface area (Å²) in [5.74, 6) is 0.181. The molecule has 0 atom stereocenters. The summed E-state index contributed by atoms with van der Waals surface area (Å²) in [6.07, 6.45) is 4.58. The maximum Gasteiger partial charge on any atom is 0.246 e. The molecule has 2 aromatic carbocycles. The minimum atomic E-state index is -3.90. The van der Waals surface area contributed by atoms with E-state index in [1.807, 2.05) is 33.8 Å². The van der Waals surface area contributed by atoms with Crippen molar-refractivity contribution in [1.29, 1.82) is 0 Å². The smallest absolute Gasteiger partial charge is 0.246 e. The Balaban J connectivity index is 0.000000237. The van der Waals surface area contributed by atoms with Crippen molar-refractivity contribution in [2.45, 2.75) is 112 Å². The molecule has 0 bridgehead atoms. The highest BCUT2D eigenvalue weighted by Crippen LogP contribution is 2.35. The van der Waals surface area contributed by atoms with Crippen molar-refractivity contribution in [2.75, 3.05) is 10.6 Å². The van der Waals surface area contributed by atoms with Crippen LogP contribution in [-0.4, -0.2) is 57.7 Å². The lowest BCUT2D eigenvalue weighted by molar-refractivity contribution is -0.118. The highest BCUT2D eigenvalue weighted by atomic mass is 35.5. The summed E-state index contributed by atoms with van der Waals surface area (Å²) in [7, 11) is -4.29. The van der Waals surface area contributed by atoms with Gasteiger partial charge in [0.05, 0.1) is 21.2 Å². The Morgan fingerprint density at radius 3 is 1.55 bits per heavy atom. The highest BCUT2D eigenvalue weighted by molar-refractivity contribution is 7.94. The number of nitrogens with one attached hydrogen (secondary N) is 2. The number of aromatic nitrogens is 4. The number of aryl methyl sites for hydroxylation is 3. The van der Waals surface area contributed by atoms with E-state index >= 15 is 0 Å². The van der Waals surface area contributed by atoms with Gasteiger partial charge < -0.3 is 10.6 Å². The van der Waals surface area contributed by atoms with Crippen molar-refractivity contribution in [1.82, 2.24) is 19.6 Å². The van der Waals surface area contributed by atoms with Crippen LogP contribution < -0.4 is 10.6 Å². The molecule has 0 aliphatic heterocycles. The van der Waals surface area contributed by atoms with Gasteiger partial charge in [-0.1, -0.05) is 62.9 Å². The van der Waals surface area contributed by atoms with Crippen LogP contribution in [0, 0.1) is 6.92 Å². The number of carbonyl (C=O) groups is 2. The number of benzene rings is 2. The molecule has 0 saturated heterocycles. The van der Waals surface area contributed by atoms with Crippen LogP contribution in [0.25, 0.3) is 0 Å². The molecule has 1 aliphatic rings. The molecule has 2 heterocycles. The average molecular weight is 787 g/mol. The number of anilines is 2. The van der Waals surface area contributed by atoms with Gasteiger partial charge in [0.2, 0.25) is 11.8 Å². The van der Waals surface area contributed by atoms with Crippen molar-refractivity contribution in [2.24, 2.45) is 14.1 Å². The van der Waals surface area contributed by atoms with E-state index in [0.717, 1.165) is 29.8 Å². The van der Waals surface area contributed by atoms with Gasteiger partial charge in [0.15, 0.2) is 19.7 Å². The molecule has 288 valence electrons. The quantitative estimate of drug-likeness (QED) is 0.181. The maximum absolute atomic E-state index is 13.0. The van der Waals surface area contributed by atoms with Gasteiger partial charge in [-0.15, -0.1) is 0 Å². The van der Waals surface area contributed by atoms with Gasteiger partial charge in [-0.05, 0) is 83.9 Å². The number of rotatable bonds is 9. The summed E-state index contributed by atoms with van der Waals surface area (Å²) >= 11 is 5.84. The van der Waals surface area contributed by atoms with Gasteiger partial charge in [-0.3, -0.25) is 19.0 Å². The monoisotopic (exact) mass is 786 g/mol. The first-order valence-corrected chi connectivity index (χ1v) is 20.8. The molecule has 1 saturated carbocycles. The molecule has 2 aromatic heterocycles. The minimum absolute atomic E-state index is 0.0590. The van der Waals surface area contributed by atoms with Gasteiger partial charge >= 0.3 is 0 Å². The van der Waals surface area contributed by atoms with E-state index in [0.29, 0.717) is 22.6 Å². The molecule has 2 amide bonds. The zero-order valence-electron chi connectivity index (χ0n) is 32.1. The predicted octanol–water partition coefficient (Wildman–Crippen LogP) is 7.14. The molecule has 4 aromatic rings. The molecule has 53 heavy (non-hydrogen) atoms. The van der Waals surface area contributed by atoms with Gasteiger partial charge in [-0.25, -0.2) is 16.8 Å². The molecular formula is C38H51ClN6O6S2. The number of sulfone groups is 2. The van der Waals surface area contributed by atoms with E-state index in [4.69, 9.17) is 11.6 Å². The first kappa shape index (κ1) is 41.7. The lowest BCUT2D eigenvalue weighted by Crippen LogP contribution is -2.44. The summed E-state index contributed by atoms with van der Waals surface area (Å²) in [5.41, 5.74) is 2.54. The third kappa shape index (κ3) is 8.87. The lowest BCUT2D eigenvalue weighted by atomic mass is 9.92. The molecule has 12 nitrogen and oxygen atoms in total. The van der Waals surface area contributed by atoms with E-state index in [2.05, 4.69) is 20.8 Å². The maximum atomic E-state index is 13.0. The van der Waals surface area contributed by atoms with E-state index in [1.54, 1.807) is 41.7 Å². The second-order valence-electron chi connectivity index (χ2n) is 15.6. The standard InChI is InChI=1S/C19H24ClN3O3S.C19H27N3O3S/c1-19(2,27(25,26)15-10-8-14(20)9-11-15)18(24)21-17-12-16(22-23(17)3)13-6-4-5-7-13;1-13-8-10-14(11-9-13)26(24,25)19(5,6)17(23)20-16-12-15(18(2,3)4)21-22(16)7/h8-13H,4-7H2,1-3H3,(H,21,24);8-12H,1-7H3,(H,20,23). The average Bonchev–Trinajstić information content (AvgIpc) is 3.82. The van der Waals surface area contributed by atoms with Crippen LogP contribution in [0.5, 0.6) is 0 Å². The van der Waals surface area contributed by atoms with Crippen molar-refractivity contribution in [3.63, 3.8) is 0 Å². The summed E-state index contributed by atoms with van der Waals surface area (Å²) < 4.78 is 51.7. The number of nitrogens with zero attached hydrogens (tertiary/aromatic N) is 4. The minimum Gasteiger partial charge on any atom is -0.310 e. The molecule has 1 fully saturated rings. The van der Waals surface area contributed by atoms with Gasteiger partial charge in [0.1, 0.15) is 21.1 Å². The Labute approximate surface area is 318 Å². The second kappa shape index (κ2) is 15.4. The number of carbonyl (C=O) groups excluding carboxylic acids is 2. The predicted molar refractivity (Wildman–Crippen MR) is 209 cm³/mol. The Hall–Kier alpha value is -4.01. The summed E-state index contributed by atoms with van der Waals surface area (Å²) in [6, 6.07) is 15.9. The third-order valence-electron chi connectivity index (χ3n) is 9.70. The Morgan fingerprint density at radius 2 is 1.11 bits per heavy atom. The normalized spacial score (nSPS) is 14.4. The van der Waals surface area contributed by atoms with Crippen LogP contribution in [0.2, 0.25) is 5.02 Å². The SMILES string of the molecule is Cc1ccc(S(=O)(=O)C(C)(C)C(=O)Nc2cc(C(C)(C)C)nn2C)cc1.Cn1nc(C2CCCC2)cc1NC(=O)C(C)(C)S(=O)(=O)c1ccc(Cl)cc1. The lowest BCUT2D eigenvalue weighted by Gasteiger charge is -2.24. The van der Waals surface area contributed by atoms with Crippen LogP contribution in [0.1, 0.15) is 97.0 Å². The van der Waals surface area contributed by atoms with Crippen LogP contribution in [0.4, 0.5) is 11.6 Å². The summed E-state index contributed by atoms with van der Waals surface area (Å²) in [4.78, 5) is 25.8. The Morgan fingerprint density at radius 1 is 0.698 bits per heavy atom. The summed E-state index contributed by atoms with van der Waals surface area (Å²) in [6.45, 7) is 13.6. The van der Waals surface area contributed by atoms with Gasteiger partial charge in [0, 0.05) is 42.6 Å². The number of hydrogen-bond acceptors (Lipinski definition) is 8. The van der Waals surface area contributed by atoms with E-state index < -0.39 is 41.0 Å². The van der Waals surface area contributed by atoms with Crippen molar-refractivity contribution < 1.29 is 26.4 Å². The molecule has 0 radical (unpaired) electrons. The number of hydrogen-bond donors (Lipinski definition) is 2. The van der Waals surface area contributed by atoms with E-state index in [9.17, 15) is 26.4 Å². The first-order chi connectivity index (χ1) is 24.4. The Bertz CT molecular complexity index is 2180. The van der Waals surface area contributed by atoms with Gasteiger partial charge in [-0.2, -0.15) is 10.2 Å². The van der Waals surface area contributed by atoms with Crippen LogP contribution in [-0.2, 0) is 48.8 Å². The van der Waals surface area contributed by atoms with Crippen LogP contribution >= 0.6 is 11.6 Å². The summed E-state index contributed by atoms with van der Waals surface area (Å²) in [5, 5.41) is 14.8. The molecule has 5 rings (SSSR count). The van der Waals surface area contributed by atoms with Crippen molar-refractivity contribution in [3.8, 4) is 0 Å². The van der Waals surface area contributed by atoms with E-state index in [-0.39, 0.29) is 15.2 Å². The van der Waals surface area contributed by atoms with Crippen molar-refractivity contribution in [3.05, 3.63) is 82.6 Å². The second-order valence-corrected chi connectivity index (χ2v) is 21.0. The molecule has 1 aliphatic carbocycles. The fourth-order valence-corrected chi connectivity index (χ4v) is 8.56. The molecule has 0 unspecified atom stereocenters. The topological polar surface area (TPSA) is 162 Å². The zero-order valence-corrected chi connectivity index (χ0v) is 34.5. The Kier molecular flexibility index (Phi) is 12.1. The number of halogens is 1. The highest BCUT2D eigenvalue weighted by Gasteiger charge is 2.44. The van der Waals surface area contributed by atoms with Crippen molar-refractivity contribution >= 4 is 54.7 Å². The van der Waals surface area contributed by atoms with Gasteiger partial charge in [0.25, 0.3) is 0 Å². The number of amides is 2. The molecular weight excluding hydrogens is 736 g/mol. The molecule has 2 N–H and O–H groups in total. The largest absolute Gasteiger partial charge is 0.310 e. The third-order valence-corrected chi connectivity index (χ3v) is 14.8. The zero-order chi connectivity index (χ0) is 39.7.